The standard InChI is InChI=1S/C27H33N3O3/c1-27(2)15-20-5-4-6-21(25(20)33-27)17-30-11-9-18(10-12-30)16-28-26(31)24-13-19-7-8-22(32-3)14-23(19)29-24/h4-8,13-14,18,29H,9-12,15-17H2,1-3H3,(H,28,31). The molecule has 1 aromatic heterocycles. The predicted molar refractivity (Wildman–Crippen MR) is 130 cm³/mol. The number of hydrogen-bond acceptors (Lipinski definition) is 4. The Labute approximate surface area is 195 Å². The first-order valence-electron chi connectivity index (χ1n) is 11.9. The van der Waals surface area contributed by atoms with Gasteiger partial charge in [0.2, 0.25) is 0 Å². The minimum Gasteiger partial charge on any atom is -0.497 e. The number of amides is 1. The first-order valence-corrected chi connectivity index (χ1v) is 11.9. The van der Waals surface area contributed by atoms with Gasteiger partial charge in [-0.3, -0.25) is 9.69 Å². The summed E-state index contributed by atoms with van der Waals surface area (Å²) >= 11 is 0. The summed E-state index contributed by atoms with van der Waals surface area (Å²) in [5.74, 6) is 2.32. The van der Waals surface area contributed by atoms with E-state index in [1.807, 2.05) is 24.3 Å². The molecule has 2 N–H and O–H groups in total. The van der Waals surface area contributed by atoms with Crippen LogP contribution in [0.15, 0.2) is 42.5 Å². The lowest BCUT2D eigenvalue weighted by Gasteiger charge is -2.32. The van der Waals surface area contributed by atoms with Crippen molar-refractivity contribution in [2.75, 3.05) is 26.7 Å². The van der Waals surface area contributed by atoms with E-state index in [-0.39, 0.29) is 11.5 Å². The third-order valence-corrected chi connectivity index (χ3v) is 6.90. The maximum absolute atomic E-state index is 12.7. The Balaban J connectivity index is 1.12. The highest BCUT2D eigenvalue weighted by molar-refractivity contribution is 5.98. The van der Waals surface area contributed by atoms with Crippen LogP contribution in [0.5, 0.6) is 11.5 Å². The number of nitrogens with one attached hydrogen (secondary N) is 2. The minimum atomic E-state index is -0.110. The molecule has 6 heteroatoms. The van der Waals surface area contributed by atoms with E-state index in [1.54, 1.807) is 7.11 Å². The van der Waals surface area contributed by atoms with Crippen LogP contribution >= 0.6 is 0 Å². The van der Waals surface area contributed by atoms with E-state index in [9.17, 15) is 4.79 Å². The highest BCUT2D eigenvalue weighted by Crippen LogP contribution is 2.38. The predicted octanol–water partition coefficient (Wildman–Crippen LogP) is 4.53. The summed E-state index contributed by atoms with van der Waals surface area (Å²) < 4.78 is 11.5. The molecule has 3 aromatic rings. The Bertz CT molecular complexity index is 1160. The number of carbonyl (C=O) groups is 1. The van der Waals surface area contributed by atoms with Gasteiger partial charge in [-0.05, 0) is 69.5 Å². The number of nitrogens with zero attached hydrogens (tertiary/aromatic N) is 1. The largest absolute Gasteiger partial charge is 0.497 e. The van der Waals surface area contributed by atoms with Gasteiger partial charge in [-0.2, -0.15) is 0 Å². The number of methoxy groups -OCH3 is 1. The molecule has 2 aliphatic heterocycles. The maximum atomic E-state index is 12.7. The zero-order chi connectivity index (χ0) is 23.0. The monoisotopic (exact) mass is 447 g/mol. The van der Waals surface area contributed by atoms with Crippen molar-refractivity contribution >= 4 is 16.8 Å². The number of aromatic amines is 1. The SMILES string of the molecule is COc1ccc2cc(C(=O)NCC3CCN(Cc4cccc5c4OC(C)(C)C5)CC3)[nH]c2c1. The molecule has 5 rings (SSSR count). The van der Waals surface area contributed by atoms with E-state index < -0.39 is 0 Å². The topological polar surface area (TPSA) is 66.6 Å². The molecule has 2 aliphatic rings. The second-order valence-electron chi connectivity index (χ2n) is 10.0. The molecule has 0 radical (unpaired) electrons. The Kier molecular flexibility index (Phi) is 5.79. The van der Waals surface area contributed by atoms with Gasteiger partial charge in [0, 0.05) is 42.0 Å². The first-order chi connectivity index (χ1) is 15.9. The number of piperidine rings is 1. The molecule has 2 aromatic carbocycles. The highest BCUT2D eigenvalue weighted by atomic mass is 16.5. The van der Waals surface area contributed by atoms with Gasteiger partial charge in [-0.15, -0.1) is 0 Å². The van der Waals surface area contributed by atoms with Crippen LogP contribution in [0.4, 0.5) is 0 Å². The Morgan fingerprint density at radius 1 is 1.21 bits per heavy atom. The molecule has 33 heavy (non-hydrogen) atoms. The van der Waals surface area contributed by atoms with Crippen LogP contribution in [0.1, 0.15) is 48.3 Å². The van der Waals surface area contributed by atoms with E-state index in [0.717, 1.165) is 61.3 Å². The van der Waals surface area contributed by atoms with Gasteiger partial charge in [-0.1, -0.05) is 18.2 Å². The second kappa shape index (κ2) is 8.75. The van der Waals surface area contributed by atoms with E-state index in [0.29, 0.717) is 18.2 Å². The van der Waals surface area contributed by atoms with Crippen molar-refractivity contribution in [3.8, 4) is 11.5 Å². The van der Waals surface area contributed by atoms with Crippen LogP contribution in [0.25, 0.3) is 10.9 Å². The van der Waals surface area contributed by atoms with Crippen LogP contribution in [-0.4, -0.2) is 48.1 Å². The second-order valence-corrected chi connectivity index (χ2v) is 10.0. The lowest BCUT2D eigenvalue weighted by Crippen LogP contribution is -2.38. The van der Waals surface area contributed by atoms with Crippen LogP contribution in [0.3, 0.4) is 0 Å². The number of benzene rings is 2. The fourth-order valence-electron chi connectivity index (χ4n) is 5.08. The van der Waals surface area contributed by atoms with E-state index in [4.69, 9.17) is 9.47 Å². The molecule has 0 bridgehead atoms. The summed E-state index contributed by atoms with van der Waals surface area (Å²) in [5.41, 5.74) is 4.01. The zero-order valence-electron chi connectivity index (χ0n) is 19.7. The van der Waals surface area contributed by atoms with Crippen LogP contribution in [0.2, 0.25) is 0 Å². The number of carbonyl (C=O) groups excluding carboxylic acids is 1. The molecule has 0 atom stereocenters. The van der Waals surface area contributed by atoms with Crippen LogP contribution < -0.4 is 14.8 Å². The fourth-order valence-corrected chi connectivity index (χ4v) is 5.08. The fraction of sp³-hybridized carbons (Fsp3) is 0.444. The number of hydrogen-bond donors (Lipinski definition) is 2. The number of rotatable bonds is 6. The molecular formula is C27H33N3O3. The number of fused-ring (bicyclic) bond motifs is 2. The van der Waals surface area contributed by atoms with Crippen molar-refractivity contribution in [2.45, 2.75) is 45.3 Å². The molecule has 174 valence electrons. The number of para-hydroxylation sites is 1. The summed E-state index contributed by atoms with van der Waals surface area (Å²) in [6.07, 6.45) is 3.15. The number of aromatic nitrogens is 1. The molecule has 0 spiro atoms. The molecule has 1 fully saturated rings. The third-order valence-electron chi connectivity index (χ3n) is 6.90. The summed E-state index contributed by atoms with van der Waals surface area (Å²) in [6, 6.07) is 14.2. The highest BCUT2D eigenvalue weighted by Gasteiger charge is 2.32. The zero-order valence-corrected chi connectivity index (χ0v) is 19.7. The maximum Gasteiger partial charge on any atom is 0.267 e. The van der Waals surface area contributed by atoms with Gasteiger partial charge < -0.3 is 19.8 Å². The molecule has 0 saturated carbocycles. The van der Waals surface area contributed by atoms with Crippen molar-refractivity contribution in [3.63, 3.8) is 0 Å². The van der Waals surface area contributed by atoms with Crippen molar-refractivity contribution in [1.29, 1.82) is 0 Å². The Hall–Kier alpha value is -2.99. The lowest BCUT2D eigenvalue weighted by atomic mass is 9.96. The van der Waals surface area contributed by atoms with E-state index in [2.05, 4.69) is 47.2 Å². The average molecular weight is 448 g/mol. The summed E-state index contributed by atoms with van der Waals surface area (Å²) in [6.45, 7) is 8.03. The van der Waals surface area contributed by atoms with Crippen molar-refractivity contribution in [1.82, 2.24) is 15.2 Å². The van der Waals surface area contributed by atoms with Gasteiger partial charge in [-0.25, -0.2) is 0 Å². The lowest BCUT2D eigenvalue weighted by molar-refractivity contribution is 0.0930. The molecule has 0 aliphatic carbocycles. The average Bonchev–Trinajstić information content (AvgIpc) is 3.37. The van der Waals surface area contributed by atoms with Gasteiger partial charge in [0.05, 0.1) is 7.11 Å². The van der Waals surface area contributed by atoms with Crippen molar-refractivity contribution in [3.05, 3.63) is 59.3 Å². The first kappa shape index (κ1) is 21.8. The molecule has 1 amide bonds. The minimum absolute atomic E-state index is 0.0489. The quantitative estimate of drug-likeness (QED) is 0.583. The van der Waals surface area contributed by atoms with Gasteiger partial charge >= 0.3 is 0 Å². The van der Waals surface area contributed by atoms with Gasteiger partial charge in [0.1, 0.15) is 22.8 Å². The molecular weight excluding hydrogens is 414 g/mol. The summed E-state index contributed by atoms with van der Waals surface area (Å²) in [4.78, 5) is 18.4. The summed E-state index contributed by atoms with van der Waals surface area (Å²) in [5, 5.41) is 4.13. The smallest absolute Gasteiger partial charge is 0.267 e. The third kappa shape index (κ3) is 4.71. The number of H-pyrrole nitrogens is 1. The normalized spacial score (nSPS) is 18.2. The molecule has 3 heterocycles. The number of likely N-dealkylation sites (tertiary alicyclic amines) is 1. The van der Waals surface area contributed by atoms with Crippen molar-refractivity contribution < 1.29 is 14.3 Å². The Morgan fingerprint density at radius 3 is 2.82 bits per heavy atom. The Morgan fingerprint density at radius 2 is 2.03 bits per heavy atom. The van der Waals surface area contributed by atoms with Crippen LogP contribution in [0, 0.1) is 5.92 Å². The van der Waals surface area contributed by atoms with E-state index in [1.165, 1.54) is 11.1 Å². The molecule has 1 saturated heterocycles. The summed E-state index contributed by atoms with van der Waals surface area (Å²) in [7, 11) is 1.64. The molecule has 0 unspecified atom stereocenters. The van der Waals surface area contributed by atoms with Crippen LogP contribution in [-0.2, 0) is 13.0 Å². The van der Waals surface area contributed by atoms with E-state index >= 15 is 0 Å². The van der Waals surface area contributed by atoms with Gasteiger partial charge in [0.25, 0.3) is 5.91 Å². The number of ether oxygens (including phenoxy) is 2. The van der Waals surface area contributed by atoms with Crippen molar-refractivity contribution in [2.24, 2.45) is 5.92 Å². The van der Waals surface area contributed by atoms with Gasteiger partial charge in [0.15, 0.2) is 0 Å². The molecule has 6 nitrogen and oxygen atoms in total.